The van der Waals surface area contributed by atoms with Gasteiger partial charge in [-0.05, 0) is 121 Å². The van der Waals surface area contributed by atoms with E-state index in [9.17, 15) is 0 Å². The van der Waals surface area contributed by atoms with Gasteiger partial charge in [0.25, 0.3) is 0 Å². The van der Waals surface area contributed by atoms with Gasteiger partial charge in [0.1, 0.15) is 0 Å². The normalized spacial score (nSPS) is 12.4. The zero-order valence-corrected chi connectivity index (χ0v) is 40.9. The molecule has 0 bridgehead atoms. The summed E-state index contributed by atoms with van der Waals surface area (Å²) in [6, 6.07) is 96.6. The first-order valence-corrected chi connectivity index (χ1v) is 29.9. The minimum atomic E-state index is -1.51. The molecule has 64 heavy (non-hydrogen) atoms. The fourth-order valence-electron chi connectivity index (χ4n) is 8.77. The zero-order chi connectivity index (χ0) is 43.3. The summed E-state index contributed by atoms with van der Waals surface area (Å²) >= 11 is 0. The van der Waals surface area contributed by atoms with Crippen LogP contribution in [0.15, 0.2) is 255 Å². The van der Waals surface area contributed by atoms with E-state index in [1.807, 2.05) is 0 Å². The predicted molar refractivity (Wildman–Crippen MR) is 292 cm³/mol. The van der Waals surface area contributed by atoms with Crippen LogP contribution in [0.1, 0.15) is 5.56 Å². The Bertz CT molecular complexity index is 2550. The van der Waals surface area contributed by atoms with E-state index in [4.69, 9.17) is 0 Å². The molecule has 0 amide bonds. The van der Waals surface area contributed by atoms with Gasteiger partial charge in [-0.3, -0.25) is 0 Å². The van der Waals surface area contributed by atoms with Crippen LogP contribution in [0, 0.1) is 6.92 Å². The van der Waals surface area contributed by atoms with Crippen LogP contribution in [-0.4, -0.2) is 33.4 Å². The van der Waals surface area contributed by atoms with Crippen molar-refractivity contribution in [1.82, 2.24) is 0 Å². The SMILES string of the molecule is Cc1ccccc1[Si](c1ccccc1P(CCP(c1ccccc1)c1ccccc1)c1ccccc1)c1ccccc1P(CCP(c1ccccc1)c1ccccc1)c1ccccc1. The summed E-state index contributed by atoms with van der Waals surface area (Å²) in [6.07, 6.45) is 4.50. The van der Waals surface area contributed by atoms with Crippen molar-refractivity contribution >= 4 is 98.5 Å². The molecular formula is C59H53P4Si. The average molecular weight is 914 g/mol. The second kappa shape index (κ2) is 22.2. The van der Waals surface area contributed by atoms with Crippen LogP contribution in [-0.2, 0) is 0 Å². The molecule has 0 aliphatic heterocycles. The fraction of sp³-hybridized carbons (Fsp3) is 0.0847. The van der Waals surface area contributed by atoms with Crippen molar-refractivity contribution in [3.05, 3.63) is 260 Å². The standard InChI is InChI=1S/C59H53P4Si/c1-48-26-20-23-41-57(48)64(58-42-24-21-39-55(58)62(53-35-16-6-17-36-53)46-44-60(49-27-8-2-9-28-49)50-29-10-3-11-30-50)59-43-25-22-40-56(59)63(54-37-18-7-19-38-54)47-45-61(51-31-12-4-13-32-51)52-33-14-5-15-34-52/h2-43H,44-47H2,1H3. The van der Waals surface area contributed by atoms with Crippen molar-refractivity contribution < 1.29 is 0 Å². The molecular weight excluding hydrogens is 861 g/mol. The molecule has 9 aromatic rings. The Morgan fingerprint density at radius 3 is 0.797 bits per heavy atom. The number of hydrogen-bond donors (Lipinski definition) is 0. The third-order valence-electron chi connectivity index (χ3n) is 11.8. The Hall–Kier alpha value is -5.08. The molecule has 0 spiro atoms. The maximum Gasteiger partial charge on any atom is 0.156 e. The van der Waals surface area contributed by atoms with Crippen LogP contribution in [0.25, 0.3) is 0 Å². The van der Waals surface area contributed by atoms with E-state index in [1.54, 1.807) is 0 Å². The van der Waals surface area contributed by atoms with Crippen molar-refractivity contribution in [2.75, 3.05) is 24.6 Å². The van der Waals surface area contributed by atoms with Crippen LogP contribution in [0.5, 0.6) is 0 Å². The summed E-state index contributed by atoms with van der Waals surface area (Å²) in [5.74, 6) is 0. The Labute approximate surface area is 388 Å². The van der Waals surface area contributed by atoms with Gasteiger partial charge in [0.05, 0.1) is 0 Å². The smallest absolute Gasteiger partial charge is 0.0623 e. The van der Waals surface area contributed by atoms with Gasteiger partial charge < -0.3 is 0 Å². The maximum atomic E-state index is 2.51. The molecule has 0 N–H and O–H groups in total. The zero-order valence-electron chi connectivity index (χ0n) is 36.4. The number of benzene rings is 9. The first-order valence-electron chi connectivity index (χ1n) is 22.2. The summed E-state index contributed by atoms with van der Waals surface area (Å²) in [5.41, 5.74) is 1.38. The monoisotopic (exact) mass is 913 g/mol. The second-order valence-electron chi connectivity index (χ2n) is 15.8. The number of hydrogen-bond acceptors (Lipinski definition) is 0. The lowest BCUT2D eigenvalue weighted by Crippen LogP contribution is -2.60. The van der Waals surface area contributed by atoms with Crippen molar-refractivity contribution in [2.24, 2.45) is 0 Å². The molecule has 0 saturated heterocycles. The van der Waals surface area contributed by atoms with Gasteiger partial charge in [-0.1, -0.05) is 260 Å². The summed E-state index contributed by atoms with van der Waals surface area (Å²) < 4.78 is 0. The molecule has 0 nitrogen and oxygen atoms in total. The summed E-state index contributed by atoms with van der Waals surface area (Å²) in [4.78, 5) is 0. The Morgan fingerprint density at radius 1 is 0.250 bits per heavy atom. The van der Waals surface area contributed by atoms with Crippen LogP contribution in [0.4, 0.5) is 0 Å². The van der Waals surface area contributed by atoms with Crippen LogP contribution < -0.4 is 58.0 Å². The lowest BCUT2D eigenvalue weighted by molar-refractivity contribution is 1.50. The third-order valence-corrected chi connectivity index (χ3v) is 26.2. The second-order valence-corrected chi connectivity index (χ2v) is 27.5. The van der Waals surface area contributed by atoms with Crippen LogP contribution in [0.2, 0.25) is 0 Å². The van der Waals surface area contributed by atoms with E-state index >= 15 is 0 Å². The summed E-state index contributed by atoms with van der Waals surface area (Å²) in [7, 11) is -3.97. The highest BCUT2D eigenvalue weighted by atomic mass is 31.1. The maximum absolute atomic E-state index is 2.51. The predicted octanol–water partition coefficient (Wildman–Crippen LogP) is 9.64. The minimum absolute atomic E-state index is 0.537. The van der Waals surface area contributed by atoms with Gasteiger partial charge in [0, 0.05) is 0 Å². The van der Waals surface area contributed by atoms with E-state index in [0.29, 0.717) is 0 Å². The lowest BCUT2D eigenvalue weighted by Gasteiger charge is -2.31. The van der Waals surface area contributed by atoms with E-state index < -0.39 is 40.5 Å². The highest BCUT2D eigenvalue weighted by molar-refractivity contribution is 7.78. The fourth-order valence-corrected chi connectivity index (χ4v) is 23.9. The molecule has 5 heteroatoms. The van der Waals surface area contributed by atoms with Gasteiger partial charge in [-0.15, -0.1) is 0 Å². The molecule has 0 aliphatic carbocycles. The van der Waals surface area contributed by atoms with E-state index in [2.05, 4.69) is 262 Å². The van der Waals surface area contributed by atoms with Crippen molar-refractivity contribution in [2.45, 2.75) is 6.92 Å². The van der Waals surface area contributed by atoms with Crippen LogP contribution >= 0.6 is 31.7 Å². The highest BCUT2D eigenvalue weighted by Crippen LogP contribution is 2.43. The van der Waals surface area contributed by atoms with E-state index in [1.165, 1.54) is 63.6 Å². The van der Waals surface area contributed by atoms with E-state index in [-0.39, 0.29) is 0 Å². The van der Waals surface area contributed by atoms with Gasteiger partial charge >= 0.3 is 0 Å². The van der Waals surface area contributed by atoms with Crippen molar-refractivity contribution in [3.8, 4) is 0 Å². The molecule has 9 rings (SSSR count). The topological polar surface area (TPSA) is 0 Å². The number of aryl methyl sites for hydroxylation is 1. The van der Waals surface area contributed by atoms with Gasteiger partial charge in [-0.2, -0.15) is 0 Å². The molecule has 0 heterocycles. The Balaban J connectivity index is 1.17. The molecule has 0 fully saturated rings. The molecule has 2 atom stereocenters. The van der Waals surface area contributed by atoms with Crippen LogP contribution in [0.3, 0.4) is 0 Å². The third kappa shape index (κ3) is 10.5. The van der Waals surface area contributed by atoms with Gasteiger partial charge in [0.2, 0.25) is 0 Å². The number of rotatable bonds is 17. The first kappa shape index (κ1) is 44.1. The molecule has 1 radical (unpaired) electrons. The van der Waals surface area contributed by atoms with Gasteiger partial charge in [-0.25, -0.2) is 0 Å². The quantitative estimate of drug-likeness (QED) is 0.0486. The van der Waals surface area contributed by atoms with Crippen molar-refractivity contribution in [1.29, 1.82) is 0 Å². The molecule has 0 saturated carbocycles. The molecule has 0 aromatic heterocycles. The van der Waals surface area contributed by atoms with Gasteiger partial charge in [0.15, 0.2) is 8.80 Å². The highest BCUT2D eigenvalue weighted by Gasteiger charge is 2.32. The van der Waals surface area contributed by atoms with E-state index in [0.717, 1.165) is 24.6 Å². The van der Waals surface area contributed by atoms with Crippen molar-refractivity contribution in [3.63, 3.8) is 0 Å². The summed E-state index contributed by atoms with van der Waals surface area (Å²) in [6.45, 7) is 2.34. The molecule has 0 aliphatic rings. The molecule has 9 aromatic carbocycles. The largest absolute Gasteiger partial charge is 0.156 e. The lowest BCUT2D eigenvalue weighted by atomic mass is 10.2. The average Bonchev–Trinajstić information content (AvgIpc) is 3.37. The first-order chi connectivity index (χ1) is 31.7. The molecule has 2 unspecified atom stereocenters. The Kier molecular flexibility index (Phi) is 15.3. The summed E-state index contributed by atoms with van der Waals surface area (Å²) in [5, 5.41) is 16.4. The Morgan fingerprint density at radius 2 is 0.484 bits per heavy atom. The molecule has 313 valence electrons. The minimum Gasteiger partial charge on any atom is -0.0623 e.